The Morgan fingerprint density at radius 2 is 2.13 bits per heavy atom. The molecule has 2 heterocycles. The maximum absolute atomic E-state index is 12.2. The predicted molar refractivity (Wildman–Crippen MR) is 89.1 cm³/mol. The highest BCUT2D eigenvalue weighted by Gasteiger charge is 2.17. The molecule has 1 fully saturated rings. The third kappa shape index (κ3) is 3.44. The van der Waals surface area contributed by atoms with Gasteiger partial charge in [0.1, 0.15) is 0 Å². The molecule has 0 amide bonds. The van der Waals surface area contributed by atoms with Crippen molar-refractivity contribution in [2.75, 3.05) is 19.6 Å². The molecule has 0 saturated carbocycles. The summed E-state index contributed by atoms with van der Waals surface area (Å²) in [7, 11) is 5.48. The van der Waals surface area contributed by atoms with Crippen LogP contribution in [0.1, 0.15) is 18.4 Å². The van der Waals surface area contributed by atoms with Crippen LogP contribution in [0.25, 0.3) is 11.0 Å². The summed E-state index contributed by atoms with van der Waals surface area (Å²) in [6.07, 6.45) is 3.38. The predicted octanol–water partition coefficient (Wildman–Crippen LogP) is 0.406. The molecule has 2 radical (unpaired) electrons. The molecule has 0 aliphatic carbocycles. The fourth-order valence-corrected chi connectivity index (χ4v) is 3.03. The zero-order valence-corrected chi connectivity index (χ0v) is 12.9. The molecule has 0 spiro atoms. The van der Waals surface area contributed by atoms with E-state index in [4.69, 9.17) is 13.2 Å². The van der Waals surface area contributed by atoms with Crippen molar-refractivity contribution in [3.05, 3.63) is 40.3 Å². The number of aromatic nitrogens is 2. The van der Waals surface area contributed by atoms with E-state index in [0.717, 1.165) is 43.5 Å². The first-order valence-corrected chi connectivity index (χ1v) is 7.79. The second-order valence-electron chi connectivity index (χ2n) is 5.85. The summed E-state index contributed by atoms with van der Waals surface area (Å²) in [5, 5.41) is 11.9. The van der Waals surface area contributed by atoms with E-state index >= 15 is 0 Å². The first-order chi connectivity index (χ1) is 11.2. The summed E-state index contributed by atoms with van der Waals surface area (Å²) in [6, 6.07) is 7.72. The number of hydrogen-bond acceptors (Lipinski definition) is 5. The van der Waals surface area contributed by atoms with E-state index < -0.39 is 0 Å². The zero-order chi connectivity index (χ0) is 16.2. The van der Waals surface area contributed by atoms with E-state index in [2.05, 4.69) is 21.2 Å². The highest BCUT2D eigenvalue weighted by atomic mass is 16.1. The number of nitriles is 1. The Bertz CT molecular complexity index is 789. The number of hydrogen-bond donors (Lipinski definition) is 1. The van der Waals surface area contributed by atoms with E-state index in [0.29, 0.717) is 18.2 Å². The Morgan fingerprint density at radius 1 is 1.35 bits per heavy atom. The van der Waals surface area contributed by atoms with Gasteiger partial charge in [0.15, 0.2) is 7.98 Å². The maximum Gasteiger partial charge on any atom is 0.269 e. The maximum atomic E-state index is 12.2. The monoisotopic (exact) mass is 307 g/mol. The minimum atomic E-state index is -0.133. The summed E-state index contributed by atoms with van der Waals surface area (Å²) in [6.45, 7) is 3.33. The van der Waals surface area contributed by atoms with Crippen LogP contribution in [-0.2, 0) is 6.54 Å². The van der Waals surface area contributed by atoms with E-state index in [9.17, 15) is 4.79 Å². The Morgan fingerprint density at radius 3 is 2.83 bits per heavy atom. The molecule has 7 heteroatoms. The molecule has 1 aliphatic heterocycles. The van der Waals surface area contributed by atoms with Crippen LogP contribution in [0.2, 0.25) is 0 Å². The summed E-state index contributed by atoms with van der Waals surface area (Å²) >= 11 is 0. The van der Waals surface area contributed by atoms with Crippen molar-refractivity contribution in [1.29, 1.82) is 5.26 Å². The van der Waals surface area contributed by atoms with E-state index in [1.165, 1.54) is 6.20 Å². The standard InChI is InChI=1S/C16H18BN5O/c17-20-13-3-5-21(6-4-13)7-8-22-15-9-12(10-18)1-2-14(15)19-11-16(22)23/h1-2,9,11,13,20H,3-8H2. The molecule has 1 saturated heterocycles. The molecular weight excluding hydrogens is 289 g/mol. The van der Waals surface area contributed by atoms with Crippen molar-refractivity contribution >= 4 is 19.0 Å². The van der Waals surface area contributed by atoms with Crippen LogP contribution in [0.5, 0.6) is 0 Å². The largest absolute Gasteiger partial charge is 0.364 e. The number of nitrogens with one attached hydrogen (secondary N) is 1. The van der Waals surface area contributed by atoms with E-state index in [-0.39, 0.29) is 5.56 Å². The van der Waals surface area contributed by atoms with E-state index in [1.807, 2.05) is 0 Å². The second kappa shape index (κ2) is 6.94. The number of benzene rings is 1. The van der Waals surface area contributed by atoms with Crippen LogP contribution in [0.3, 0.4) is 0 Å². The fourth-order valence-electron chi connectivity index (χ4n) is 3.03. The van der Waals surface area contributed by atoms with Crippen LogP contribution in [0, 0.1) is 11.3 Å². The van der Waals surface area contributed by atoms with E-state index in [1.54, 1.807) is 22.8 Å². The van der Waals surface area contributed by atoms with Gasteiger partial charge in [0, 0.05) is 13.1 Å². The van der Waals surface area contributed by atoms with Crippen LogP contribution in [-0.4, -0.2) is 48.1 Å². The van der Waals surface area contributed by atoms with Gasteiger partial charge in [-0.3, -0.25) is 4.79 Å². The van der Waals surface area contributed by atoms with Crippen molar-refractivity contribution in [1.82, 2.24) is 19.7 Å². The molecule has 0 unspecified atom stereocenters. The van der Waals surface area contributed by atoms with Crippen LogP contribution >= 0.6 is 0 Å². The van der Waals surface area contributed by atoms with Gasteiger partial charge in [-0.1, -0.05) is 0 Å². The Kier molecular flexibility index (Phi) is 4.75. The van der Waals surface area contributed by atoms with Crippen molar-refractivity contribution in [2.24, 2.45) is 0 Å². The van der Waals surface area contributed by atoms with Crippen LogP contribution in [0.15, 0.2) is 29.2 Å². The molecule has 2 aromatic rings. The zero-order valence-electron chi connectivity index (χ0n) is 12.9. The molecule has 1 aliphatic rings. The lowest BCUT2D eigenvalue weighted by atomic mass is 10.0. The van der Waals surface area contributed by atoms with Gasteiger partial charge in [0.2, 0.25) is 0 Å². The number of fused-ring (bicyclic) bond motifs is 1. The van der Waals surface area contributed by atoms with Gasteiger partial charge in [-0.2, -0.15) is 5.26 Å². The highest BCUT2D eigenvalue weighted by molar-refractivity contribution is 6.04. The molecule has 0 atom stereocenters. The van der Waals surface area contributed by atoms with Gasteiger partial charge in [0.25, 0.3) is 5.56 Å². The minimum Gasteiger partial charge on any atom is -0.364 e. The summed E-state index contributed by atoms with van der Waals surface area (Å²) < 4.78 is 1.70. The minimum absolute atomic E-state index is 0.133. The molecule has 1 N–H and O–H groups in total. The lowest BCUT2D eigenvalue weighted by Crippen LogP contribution is -2.43. The Balaban J connectivity index is 1.78. The van der Waals surface area contributed by atoms with Crippen molar-refractivity contribution < 1.29 is 0 Å². The highest BCUT2D eigenvalue weighted by Crippen LogP contribution is 2.13. The van der Waals surface area contributed by atoms with Crippen LogP contribution < -0.4 is 10.8 Å². The average Bonchev–Trinajstić information content (AvgIpc) is 2.61. The molecule has 1 aromatic heterocycles. The topological polar surface area (TPSA) is 73.9 Å². The van der Waals surface area contributed by atoms with Crippen molar-refractivity contribution in [3.8, 4) is 6.07 Å². The first-order valence-electron chi connectivity index (χ1n) is 7.79. The number of rotatable bonds is 4. The quantitative estimate of drug-likeness (QED) is 0.828. The van der Waals surface area contributed by atoms with Gasteiger partial charge in [-0.15, -0.1) is 0 Å². The second-order valence-corrected chi connectivity index (χ2v) is 5.85. The summed E-state index contributed by atoms with van der Waals surface area (Å²) in [5.74, 6) is 0. The SMILES string of the molecule is [B]NC1CCN(CCn2c(=O)cnc3ccc(C#N)cc32)CC1. The fraction of sp³-hybridized carbons (Fsp3) is 0.438. The lowest BCUT2D eigenvalue weighted by molar-refractivity contribution is 0.201. The molecule has 116 valence electrons. The molecule has 6 nitrogen and oxygen atoms in total. The average molecular weight is 307 g/mol. The van der Waals surface area contributed by atoms with Gasteiger partial charge in [-0.25, -0.2) is 4.98 Å². The molecule has 3 rings (SSSR count). The summed E-state index contributed by atoms with van der Waals surface area (Å²) in [4.78, 5) is 18.7. The van der Waals surface area contributed by atoms with Gasteiger partial charge in [-0.05, 0) is 50.2 Å². The Hall–Kier alpha value is -2.17. The smallest absolute Gasteiger partial charge is 0.269 e. The lowest BCUT2D eigenvalue weighted by Gasteiger charge is -2.32. The van der Waals surface area contributed by atoms with Crippen molar-refractivity contribution in [3.63, 3.8) is 0 Å². The number of piperidine rings is 1. The van der Waals surface area contributed by atoms with Gasteiger partial charge < -0.3 is 14.7 Å². The van der Waals surface area contributed by atoms with Gasteiger partial charge in [0.05, 0.1) is 28.9 Å². The van der Waals surface area contributed by atoms with Gasteiger partial charge >= 0.3 is 0 Å². The third-order valence-electron chi connectivity index (χ3n) is 4.44. The number of nitrogens with zero attached hydrogens (tertiary/aromatic N) is 4. The van der Waals surface area contributed by atoms with Crippen LogP contribution in [0.4, 0.5) is 0 Å². The first kappa shape index (κ1) is 15.7. The molecule has 0 bridgehead atoms. The third-order valence-corrected chi connectivity index (χ3v) is 4.44. The molecule has 23 heavy (non-hydrogen) atoms. The number of likely N-dealkylation sites (tertiary alicyclic amines) is 1. The van der Waals surface area contributed by atoms with Crippen molar-refractivity contribution in [2.45, 2.75) is 25.4 Å². The molecule has 1 aromatic carbocycles. The normalized spacial score (nSPS) is 16.5. The molecular formula is C16H18BN5O. The summed E-state index contributed by atoms with van der Waals surface area (Å²) in [5.41, 5.74) is 1.85. The Labute approximate surface area is 136 Å².